The van der Waals surface area contributed by atoms with E-state index in [1.165, 1.54) is 24.5 Å². The van der Waals surface area contributed by atoms with Crippen molar-refractivity contribution in [3.8, 4) is 0 Å². The highest BCUT2D eigenvalue weighted by Gasteiger charge is 2.39. The van der Waals surface area contributed by atoms with Crippen LogP contribution in [-0.2, 0) is 4.74 Å². The highest BCUT2D eigenvalue weighted by Crippen LogP contribution is 2.43. The van der Waals surface area contributed by atoms with Crippen LogP contribution in [0.25, 0.3) is 11.2 Å². The summed E-state index contributed by atoms with van der Waals surface area (Å²) in [5, 5.41) is 5.90. The van der Waals surface area contributed by atoms with Crippen molar-refractivity contribution in [3.05, 3.63) is 88.0 Å². The Balaban J connectivity index is 1.23. The number of ether oxygens (including phenoxy) is 1. The molecule has 3 aromatic heterocycles. The first-order valence-electron chi connectivity index (χ1n) is 15.3. The Morgan fingerprint density at radius 2 is 1.67 bits per heavy atom. The summed E-state index contributed by atoms with van der Waals surface area (Å²) in [7, 11) is 0. The fourth-order valence-electron chi connectivity index (χ4n) is 6.48. The Bertz CT molecular complexity index is 1810. The van der Waals surface area contributed by atoms with Crippen molar-refractivity contribution in [2.45, 2.75) is 76.1 Å². The first-order valence-corrected chi connectivity index (χ1v) is 15.3. The molecule has 12 nitrogen and oxygen atoms in total. The lowest BCUT2D eigenvalue weighted by molar-refractivity contribution is 0.0493. The van der Waals surface area contributed by atoms with Gasteiger partial charge >= 0.3 is 17.8 Å². The Morgan fingerprint density at radius 1 is 0.935 bits per heavy atom. The Morgan fingerprint density at radius 3 is 2.41 bits per heavy atom. The van der Waals surface area contributed by atoms with Crippen LogP contribution in [0.4, 0.5) is 18.4 Å². The minimum Gasteiger partial charge on any atom is -0.444 e. The number of urea groups is 1. The number of aromatic nitrogens is 5. The van der Waals surface area contributed by atoms with Gasteiger partial charge in [-0.15, -0.1) is 0 Å². The zero-order chi connectivity index (χ0) is 32.6. The molecule has 0 unspecified atom stereocenters. The Hall–Kier alpha value is -4.88. The number of pyridine rings is 1. The van der Waals surface area contributed by atoms with Gasteiger partial charge in [-0.3, -0.25) is 19.5 Å². The number of nitrogens with zero attached hydrogens (tertiary/aromatic N) is 5. The van der Waals surface area contributed by atoms with Crippen LogP contribution >= 0.6 is 0 Å². The van der Waals surface area contributed by atoms with Gasteiger partial charge in [0.2, 0.25) is 0 Å². The van der Waals surface area contributed by atoms with Crippen LogP contribution in [0.5, 0.6) is 0 Å². The van der Waals surface area contributed by atoms with E-state index in [1.54, 1.807) is 42.5 Å². The predicted octanol–water partition coefficient (Wildman–Crippen LogP) is 5.02. The van der Waals surface area contributed by atoms with E-state index in [2.05, 4.69) is 30.6 Å². The molecule has 4 aromatic rings. The highest BCUT2D eigenvalue weighted by molar-refractivity contribution is 5.75. The van der Waals surface area contributed by atoms with Crippen molar-refractivity contribution < 1.29 is 23.1 Å². The number of rotatable bonds is 4. The minimum absolute atomic E-state index is 0.0782. The number of carbonyl (C=O) groups is 2. The number of amides is 3. The van der Waals surface area contributed by atoms with E-state index in [-0.39, 0.29) is 29.7 Å². The van der Waals surface area contributed by atoms with Gasteiger partial charge in [-0.1, -0.05) is 12.1 Å². The quantitative estimate of drug-likeness (QED) is 0.267. The second kappa shape index (κ2) is 12.5. The lowest BCUT2D eigenvalue weighted by Crippen LogP contribution is -2.46. The highest BCUT2D eigenvalue weighted by atomic mass is 19.2. The molecule has 6 rings (SSSR count). The van der Waals surface area contributed by atoms with Gasteiger partial charge in [-0.2, -0.15) is 0 Å². The molecule has 1 aliphatic heterocycles. The number of nitrogens with one attached hydrogen (secondary N) is 3. The number of halogens is 2. The van der Waals surface area contributed by atoms with Gasteiger partial charge in [0.15, 0.2) is 17.3 Å². The fourth-order valence-corrected chi connectivity index (χ4v) is 6.48. The molecule has 2 aliphatic rings. The molecule has 1 fully saturated rings. The standard InChI is InChI=1S/C32H36F2N8O4/c1-32(2,3)46-31(45)39-25-20(19-6-4-7-21(33)24(19)34)9-10-22(26-27(25)36-15-14-35-26)38-29(43)41-16-11-18(12-17-41)42-23-8-5-13-37-28(23)40-30(42)44/h4-8,13-15,18,20,22,25H,9-12,16-17H2,1-3H3,(H,38,43)(H,39,45)(H,37,40,44)/t20-,22+,25-/m0/s1. The topological polar surface area (TPSA) is 147 Å². The molecule has 0 spiro atoms. The summed E-state index contributed by atoms with van der Waals surface area (Å²) in [6.07, 6.45) is 5.55. The van der Waals surface area contributed by atoms with Crippen molar-refractivity contribution in [2.24, 2.45) is 0 Å². The van der Waals surface area contributed by atoms with Crippen molar-refractivity contribution >= 4 is 23.3 Å². The van der Waals surface area contributed by atoms with E-state index in [4.69, 9.17) is 4.74 Å². The number of likely N-dealkylation sites (tertiary alicyclic amines) is 1. The summed E-state index contributed by atoms with van der Waals surface area (Å²) in [5.41, 5.74) is 1.04. The summed E-state index contributed by atoms with van der Waals surface area (Å²) in [6.45, 7) is 6.00. The molecule has 3 N–H and O–H groups in total. The second-order valence-electron chi connectivity index (χ2n) is 12.7. The third-order valence-corrected chi connectivity index (χ3v) is 8.51. The molecule has 14 heteroatoms. The van der Waals surface area contributed by atoms with Crippen LogP contribution in [0.15, 0.2) is 53.7 Å². The predicted molar refractivity (Wildman–Crippen MR) is 164 cm³/mol. The largest absolute Gasteiger partial charge is 0.444 e. The van der Waals surface area contributed by atoms with Gasteiger partial charge in [0.25, 0.3) is 0 Å². The number of carbonyl (C=O) groups excluding carboxylic acids is 2. The number of H-pyrrole nitrogens is 1. The summed E-state index contributed by atoms with van der Waals surface area (Å²) in [6, 6.07) is 5.61. The van der Waals surface area contributed by atoms with Crippen molar-refractivity contribution in [2.75, 3.05) is 13.1 Å². The van der Waals surface area contributed by atoms with Crippen molar-refractivity contribution in [1.82, 2.24) is 40.0 Å². The zero-order valence-electron chi connectivity index (χ0n) is 25.8. The molecule has 3 atom stereocenters. The molecule has 1 aromatic carbocycles. The van der Waals surface area contributed by atoms with E-state index in [9.17, 15) is 18.8 Å². The van der Waals surface area contributed by atoms with E-state index >= 15 is 4.39 Å². The maximum absolute atomic E-state index is 15.2. The van der Waals surface area contributed by atoms with Crippen LogP contribution in [-0.4, -0.2) is 60.2 Å². The minimum atomic E-state index is -1.01. The van der Waals surface area contributed by atoms with Crippen LogP contribution < -0.4 is 16.3 Å². The third-order valence-electron chi connectivity index (χ3n) is 8.51. The number of piperidine rings is 1. The lowest BCUT2D eigenvalue weighted by atomic mass is 9.86. The second-order valence-corrected chi connectivity index (χ2v) is 12.7. The summed E-state index contributed by atoms with van der Waals surface area (Å²) < 4.78 is 36.8. The van der Waals surface area contributed by atoms with Gasteiger partial charge < -0.3 is 20.3 Å². The molecule has 242 valence electrons. The summed E-state index contributed by atoms with van der Waals surface area (Å²) >= 11 is 0. The van der Waals surface area contributed by atoms with Crippen molar-refractivity contribution in [1.29, 1.82) is 0 Å². The number of alkyl carbamates (subject to hydrolysis) is 1. The number of benzene rings is 1. The fraction of sp³-hybridized carbons (Fsp3) is 0.438. The molecular weight excluding hydrogens is 598 g/mol. The van der Waals surface area contributed by atoms with E-state index in [0.717, 1.165) is 11.6 Å². The first kappa shape index (κ1) is 31.1. The first-order chi connectivity index (χ1) is 22.0. The molecule has 4 heterocycles. The van der Waals surface area contributed by atoms with Gasteiger partial charge in [0, 0.05) is 43.6 Å². The lowest BCUT2D eigenvalue weighted by Gasteiger charge is -2.33. The van der Waals surface area contributed by atoms with Crippen LogP contribution in [0.3, 0.4) is 0 Å². The van der Waals surface area contributed by atoms with Crippen LogP contribution in [0, 0.1) is 11.6 Å². The number of imidazole rings is 1. The van der Waals surface area contributed by atoms with Gasteiger partial charge in [0.1, 0.15) is 5.60 Å². The SMILES string of the molecule is CC(C)(C)OC(=O)N[C@@H]1c2nccnc2[C@H](NC(=O)N2CCC(n3c(=O)[nH]c4ncccc43)CC2)CC[C@H]1c1cccc(F)c1F. The maximum Gasteiger partial charge on any atom is 0.408 e. The van der Waals surface area contributed by atoms with Crippen molar-refractivity contribution in [3.63, 3.8) is 0 Å². The average Bonchev–Trinajstić information content (AvgIpc) is 3.28. The number of aromatic amines is 1. The van der Waals surface area contributed by atoms with E-state index in [0.29, 0.717) is 49.4 Å². The molecule has 3 amide bonds. The molecule has 1 saturated heterocycles. The normalized spacial score (nSPS) is 20.5. The summed E-state index contributed by atoms with van der Waals surface area (Å²) in [4.78, 5) is 57.1. The number of hydrogen-bond acceptors (Lipinski definition) is 7. The third kappa shape index (κ3) is 6.28. The zero-order valence-corrected chi connectivity index (χ0v) is 25.8. The summed E-state index contributed by atoms with van der Waals surface area (Å²) in [5.74, 6) is -2.75. The van der Waals surface area contributed by atoms with E-state index < -0.39 is 41.3 Å². The molecule has 1 aliphatic carbocycles. The van der Waals surface area contributed by atoms with Gasteiger partial charge in [-0.25, -0.2) is 28.1 Å². The molecular formula is C32H36F2N8O4. The monoisotopic (exact) mass is 634 g/mol. The smallest absolute Gasteiger partial charge is 0.408 e. The van der Waals surface area contributed by atoms with Gasteiger partial charge in [0.05, 0.1) is 29.0 Å². The molecule has 0 bridgehead atoms. The van der Waals surface area contributed by atoms with Crippen LogP contribution in [0.1, 0.15) is 87.4 Å². The van der Waals surface area contributed by atoms with Crippen LogP contribution in [0.2, 0.25) is 0 Å². The van der Waals surface area contributed by atoms with E-state index in [1.807, 2.05) is 6.07 Å². The van der Waals surface area contributed by atoms with Gasteiger partial charge in [-0.05, 0) is 70.2 Å². The Labute approximate surface area is 263 Å². The number of hydrogen-bond donors (Lipinski definition) is 3. The number of fused-ring (bicyclic) bond motifs is 2. The Kier molecular flexibility index (Phi) is 8.45. The average molecular weight is 635 g/mol. The molecule has 0 radical (unpaired) electrons. The maximum atomic E-state index is 15.2. The molecule has 0 saturated carbocycles. The molecule has 46 heavy (non-hydrogen) atoms.